The molecule has 134 valence electrons. The highest BCUT2D eigenvalue weighted by Crippen LogP contribution is 2.01. The fourth-order valence-electron chi connectivity index (χ4n) is 1.80. The molecule has 0 aromatic rings. The van der Waals surface area contributed by atoms with Crippen molar-refractivity contribution in [2.75, 3.05) is 0 Å². The van der Waals surface area contributed by atoms with Crippen molar-refractivity contribution < 1.29 is 20.1 Å². The first-order chi connectivity index (χ1) is 11.6. The zero-order chi connectivity index (χ0) is 18.0. The highest BCUT2D eigenvalue weighted by atomic mass is 16.4. The van der Waals surface area contributed by atoms with Gasteiger partial charge in [0.2, 0.25) is 0 Å². The van der Waals surface area contributed by atoms with Crippen molar-refractivity contribution in [2.45, 2.75) is 57.7 Å². The Hall–Kier alpha value is -1.91. The second-order valence-electron chi connectivity index (χ2n) is 5.40. The Bertz CT molecular complexity index is 458. The summed E-state index contributed by atoms with van der Waals surface area (Å²) in [5, 5.41) is 27.9. The second kappa shape index (κ2) is 16.0. The second-order valence-corrected chi connectivity index (χ2v) is 5.40. The topological polar surface area (TPSA) is 77.8 Å². The van der Waals surface area contributed by atoms with E-state index in [0.717, 1.165) is 6.42 Å². The molecule has 0 spiro atoms. The number of carboxylic acids is 1. The highest BCUT2D eigenvalue weighted by Gasteiger charge is 1.95. The molecule has 4 nitrogen and oxygen atoms in total. The fourth-order valence-corrected chi connectivity index (χ4v) is 1.80. The van der Waals surface area contributed by atoms with E-state index in [-0.39, 0.29) is 6.42 Å². The van der Waals surface area contributed by atoms with Crippen LogP contribution >= 0.6 is 0 Å². The lowest BCUT2D eigenvalue weighted by Gasteiger charge is -1.99. The maximum atomic E-state index is 10.3. The summed E-state index contributed by atoms with van der Waals surface area (Å²) in [5.74, 6) is -0.780. The lowest BCUT2D eigenvalue weighted by atomic mass is 10.2. The Morgan fingerprint density at radius 1 is 0.875 bits per heavy atom. The van der Waals surface area contributed by atoms with Crippen molar-refractivity contribution in [3.05, 3.63) is 60.8 Å². The molecule has 0 amide bonds. The van der Waals surface area contributed by atoms with Crippen LogP contribution in [0.4, 0.5) is 0 Å². The summed E-state index contributed by atoms with van der Waals surface area (Å²) in [7, 11) is 0. The van der Waals surface area contributed by atoms with E-state index in [9.17, 15) is 15.0 Å². The quantitative estimate of drug-likeness (QED) is 0.271. The van der Waals surface area contributed by atoms with Crippen LogP contribution in [0.1, 0.15) is 45.4 Å². The predicted molar refractivity (Wildman–Crippen MR) is 98.7 cm³/mol. The Kier molecular flexibility index (Phi) is 14.7. The molecule has 2 unspecified atom stereocenters. The number of rotatable bonds is 13. The standard InChI is InChI=1S/C20H30O4/c1-2-3-8-13-18(21)14-9-4-5-10-15-19(22)16-11-6-7-12-17-20(23)24/h3-6,8-11,14-15,18-19,21-22H,2,7,12-13,16-17H2,1H3,(H,23,24)/b5-4-,8-3+,11-6-,14-9+,15-10+. The van der Waals surface area contributed by atoms with E-state index < -0.39 is 18.2 Å². The fraction of sp³-hybridized carbons (Fsp3) is 0.450. The van der Waals surface area contributed by atoms with Crippen molar-refractivity contribution in [3.63, 3.8) is 0 Å². The molecule has 0 aromatic heterocycles. The van der Waals surface area contributed by atoms with Gasteiger partial charge >= 0.3 is 5.97 Å². The molecule has 0 aliphatic rings. The van der Waals surface area contributed by atoms with Gasteiger partial charge in [-0.3, -0.25) is 4.79 Å². The van der Waals surface area contributed by atoms with Gasteiger partial charge in [0.25, 0.3) is 0 Å². The van der Waals surface area contributed by atoms with E-state index in [1.165, 1.54) is 0 Å². The van der Waals surface area contributed by atoms with Crippen molar-refractivity contribution in [2.24, 2.45) is 0 Å². The summed E-state index contributed by atoms with van der Waals surface area (Å²) in [5.41, 5.74) is 0. The normalized spacial score (nSPS) is 15.5. The molecular formula is C20H30O4. The number of allylic oxidation sites excluding steroid dienone is 6. The van der Waals surface area contributed by atoms with E-state index in [4.69, 9.17) is 5.11 Å². The number of aliphatic carboxylic acids is 1. The van der Waals surface area contributed by atoms with Crippen LogP contribution in [-0.4, -0.2) is 33.5 Å². The summed E-state index contributed by atoms with van der Waals surface area (Å²) in [6, 6.07) is 0. The SMILES string of the molecule is CC/C=C/CC(O)/C=C/C=C\C=C\C(O)C/C=C\CCCC(=O)O. The summed E-state index contributed by atoms with van der Waals surface area (Å²) in [4.78, 5) is 10.3. The number of unbranched alkanes of at least 4 members (excludes halogenated alkanes) is 1. The number of aliphatic hydroxyl groups is 2. The molecule has 0 saturated carbocycles. The molecule has 4 heteroatoms. The van der Waals surface area contributed by atoms with Gasteiger partial charge < -0.3 is 15.3 Å². The molecular weight excluding hydrogens is 304 g/mol. The molecule has 0 aliphatic heterocycles. The average molecular weight is 334 g/mol. The lowest BCUT2D eigenvalue weighted by molar-refractivity contribution is -0.137. The van der Waals surface area contributed by atoms with Gasteiger partial charge in [-0.25, -0.2) is 0 Å². The van der Waals surface area contributed by atoms with E-state index in [0.29, 0.717) is 25.7 Å². The summed E-state index contributed by atoms with van der Waals surface area (Å²) >= 11 is 0. The molecule has 0 aromatic carbocycles. The van der Waals surface area contributed by atoms with Gasteiger partial charge in [-0.05, 0) is 32.1 Å². The number of hydrogen-bond acceptors (Lipinski definition) is 3. The maximum absolute atomic E-state index is 10.3. The van der Waals surface area contributed by atoms with Crippen LogP contribution < -0.4 is 0 Å². The van der Waals surface area contributed by atoms with Gasteiger partial charge in [0.1, 0.15) is 0 Å². The largest absolute Gasteiger partial charge is 0.481 e. The molecule has 0 bridgehead atoms. The number of hydrogen-bond donors (Lipinski definition) is 3. The minimum atomic E-state index is -0.780. The number of carboxylic acid groups (broad SMARTS) is 1. The van der Waals surface area contributed by atoms with Crippen LogP contribution in [0.25, 0.3) is 0 Å². The Balaban J connectivity index is 3.85. The first kappa shape index (κ1) is 22.1. The maximum Gasteiger partial charge on any atom is 0.303 e. The summed E-state index contributed by atoms with van der Waals surface area (Å²) in [6.07, 6.45) is 20.9. The molecule has 0 radical (unpaired) electrons. The van der Waals surface area contributed by atoms with Crippen LogP contribution in [0.15, 0.2) is 60.8 Å². The minimum absolute atomic E-state index is 0.175. The van der Waals surface area contributed by atoms with Crippen LogP contribution in [0.5, 0.6) is 0 Å². The zero-order valence-corrected chi connectivity index (χ0v) is 14.4. The van der Waals surface area contributed by atoms with Crippen LogP contribution in [0.2, 0.25) is 0 Å². The predicted octanol–water partition coefficient (Wildman–Crippen LogP) is 3.93. The average Bonchev–Trinajstić information content (AvgIpc) is 2.54. The third-order valence-corrected chi connectivity index (χ3v) is 3.09. The molecule has 0 fully saturated rings. The molecule has 0 saturated heterocycles. The summed E-state index contributed by atoms with van der Waals surface area (Å²) < 4.78 is 0. The zero-order valence-electron chi connectivity index (χ0n) is 14.4. The monoisotopic (exact) mass is 334 g/mol. The number of carbonyl (C=O) groups is 1. The van der Waals surface area contributed by atoms with Gasteiger partial charge in [0, 0.05) is 6.42 Å². The Morgan fingerprint density at radius 2 is 1.42 bits per heavy atom. The molecule has 0 rings (SSSR count). The molecule has 0 aliphatic carbocycles. The molecule has 2 atom stereocenters. The van der Waals surface area contributed by atoms with Crippen LogP contribution in [0, 0.1) is 0 Å². The van der Waals surface area contributed by atoms with E-state index in [2.05, 4.69) is 6.92 Å². The number of aliphatic hydroxyl groups excluding tert-OH is 2. The first-order valence-corrected chi connectivity index (χ1v) is 8.45. The van der Waals surface area contributed by atoms with E-state index in [1.807, 2.05) is 24.3 Å². The van der Waals surface area contributed by atoms with Crippen molar-refractivity contribution in [1.29, 1.82) is 0 Å². The lowest BCUT2D eigenvalue weighted by Crippen LogP contribution is -1.99. The molecule has 24 heavy (non-hydrogen) atoms. The van der Waals surface area contributed by atoms with E-state index >= 15 is 0 Å². The third kappa shape index (κ3) is 16.5. The van der Waals surface area contributed by atoms with Gasteiger partial charge in [-0.15, -0.1) is 0 Å². The van der Waals surface area contributed by atoms with Crippen LogP contribution in [0.3, 0.4) is 0 Å². The van der Waals surface area contributed by atoms with Crippen molar-refractivity contribution >= 4 is 5.97 Å². The Morgan fingerprint density at radius 3 is 1.92 bits per heavy atom. The van der Waals surface area contributed by atoms with E-state index in [1.54, 1.807) is 36.5 Å². The third-order valence-electron chi connectivity index (χ3n) is 3.09. The van der Waals surface area contributed by atoms with Crippen molar-refractivity contribution in [1.82, 2.24) is 0 Å². The summed E-state index contributed by atoms with van der Waals surface area (Å²) in [6.45, 7) is 2.05. The van der Waals surface area contributed by atoms with Crippen LogP contribution in [-0.2, 0) is 4.79 Å². The first-order valence-electron chi connectivity index (χ1n) is 8.45. The van der Waals surface area contributed by atoms with Gasteiger partial charge in [0.05, 0.1) is 12.2 Å². The minimum Gasteiger partial charge on any atom is -0.481 e. The van der Waals surface area contributed by atoms with Gasteiger partial charge in [-0.2, -0.15) is 0 Å². The van der Waals surface area contributed by atoms with Crippen molar-refractivity contribution in [3.8, 4) is 0 Å². The Labute approximate surface area is 145 Å². The van der Waals surface area contributed by atoms with Gasteiger partial charge in [-0.1, -0.05) is 67.7 Å². The smallest absolute Gasteiger partial charge is 0.303 e. The highest BCUT2D eigenvalue weighted by molar-refractivity contribution is 5.66. The van der Waals surface area contributed by atoms with Gasteiger partial charge in [0.15, 0.2) is 0 Å². The molecule has 0 heterocycles. The molecule has 3 N–H and O–H groups in total.